The van der Waals surface area contributed by atoms with E-state index in [9.17, 15) is 5.11 Å². The largest absolute Gasteiger partial charge is 0.392 e. The summed E-state index contributed by atoms with van der Waals surface area (Å²) in [7, 11) is 0. The molecule has 15 heavy (non-hydrogen) atoms. The van der Waals surface area contributed by atoms with E-state index in [0.717, 1.165) is 19.4 Å². The van der Waals surface area contributed by atoms with E-state index in [1.807, 2.05) is 11.8 Å². The Hall–Kier alpha value is 0.270. The minimum Gasteiger partial charge on any atom is -0.392 e. The average Bonchev–Trinajstić information content (AvgIpc) is 2.67. The molecule has 0 saturated heterocycles. The van der Waals surface area contributed by atoms with Gasteiger partial charge in [0, 0.05) is 17.3 Å². The molecule has 0 aromatic rings. The van der Waals surface area contributed by atoms with Gasteiger partial charge in [-0.15, -0.1) is 0 Å². The summed E-state index contributed by atoms with van der Waals surface area (Å²) in [6.45, 7) is 5.54. The molecule has 2 nitrogen and oxygen atoms in total. The van der Waals surface area contributed by atoms with E-state index in [1.165, 1.54) is 19.3 Å². The van der Waals surface area contributed by atoms with Crippen LogP contribution in [0.2, 0.25) is 0 Å². The van der Waals surface area contributed by atoms with Crippen LogP contribution >= 0.6 is 11.8 Å². The van der Waals surface area contributed by atoms with E-state index in [-0.39, 0.29) is 6.10 Å². The van der Waals surface area contributed by atoms with Crippen molar-refractivity contribution < 1.29 is 5.11 Å². The Balaban J connectivity index is 2.39. The van der Waals surface area contributed by atoms with Crippen LogP contribution in [0.15, 0.2) is 0 Å². The van der Waals surface area contributed by atoms with Crippen LogP contribution in [-0.4, -0.2) is 34.8 Å². The molecular formula is C12H25NOS. The van der Waals surface area contributed by atoms with E-state index in [2.05, 4.69) is 25.4 Å². The number of aliphatic hydroxyl groups excluding tert-OH is 1. The minimum absolute atomic E-state index is 0.113. The lowest BCUT2D eigenvalue weighted by molar-refractivity contribution is 0.147. The van der Waals surface area contributed by atoms with Crippen LogP contribution in [0.3, 0.4) is 0 Å². The van der Waals surface area contributed by atoms with Gasteiger partial charge in [0.05, 0.1) is 6.10 Å². The molecule has 90 valence electrons. The molecule has 1 aliphatic rings. The predicted octanol–water partition coefficient (Wildman–Crippen LogP) is 2.41. The molecule has 0 aromatic carbocycles. The van der Waals surface area contributed by atoms with E-state index >= 15 is 0 Å². The third-order valence-electron chi connectivity index (χ3n) is 3.89. The van der Waals surface area contributed by atoms with Gasteiger partial charge in [-0.1, -0.05) is 13.8 Å². The molecule has 0 aromatic heterocycles. The summed E-state index contributed by atoms with van der Waals surface area (Å²) < 4.78 is 0.363. The molecule has 0 amide bonds. The van der Waals surface area contributed by atoms with Gasteiger partial charge in [0.15, 0.2) is 0 Å². The summed E-state index contributed by atoms with van der Waals surface area (Å²) in [5, 5.41) is 13.3. The van der Waals surface area contributed by atoms with Crippen LogP contribution in [0, 0.1) is 0 Å². The predicted molar refractivity (Wildman–Crippen MR) is 68.5 cm³/mol. The van der Waals surface area contributed by atoms with Gasteiger partial charge in [0.25, 0.3) is 0 Å². The van der Waals surface area contributed by atoms with Crippen LogP contribution in [-0.2, 0) is 0 Å². The Morgan fingerprint density at radius 3 is 2.40 bits per heavy atom. The lowest BCUT2D eigenvalue weighted by atomic mass is 10.0. The number of aliphatic hydroxyl groups is 1. The van der Waals surface area contributed by atoms with Crippen molar-refractivity contribution in [1.82, 2.24) is 5.32 Å². The summed E-state index contributed by atoms with van der Waals surface area (Å²) in [5.74, 6) is 0. The van der Waals surface area contributed by atoms with Gasteiger partial charge in [0.2, 0.25) is 0 Å². The molecule has 1 fully saturated rings. The minimum atomic E-state index is -0.113. The lowest BCUT2D eigenvalue weighted by Gasteiger charge is -2.32. The number of hydrogen-bond donors (Lipinski definition) is 2. The molecule has 0 aliphatic heterocycles. The molecule has 3 heteroatoms. The van der Waals surface area contributed by atoms with E-state index in [1.54, 1.807) is 0 Å². The van der Waals surface area contributed by atoms with Crippen LogP contribution in [0.5, 0.6) is 0 Å². The van der Waals surface area contributed by atoms with Crippen molar-refractivity contribution in [2.75, 3.05) is 12.8 Å². The Labute approximate surface area is 98.2 Å². The van der Waals surface area contributed by atoms with E-state index < -0.39 is 0 Å². The maximum absolute atomic E-state index is 9.73. The topological polar surface area (TPSA) is 32.3 Å². The van der Waals surface area contributed by atoms with Crippen molar-refractivity contribution in [2.45, 2.75) is 62.8 Å². The number of hydrogen-bond acceptors (Lipinski definition) is 3. The highest BCUT2D eigenvalue weighted by Crippen LogP contribution is 2.30. The van der Waals surface area contributed by atoms with Crippen LogP contribution in [0.1, 0.15) is 46.0 Å². The molecule has 1 rings (SSSR count). The fourth-order valence-electron chi connectivity index (χ4n) is 2.36. The number of thioether (sulfide) groups is 1. The first-order valence-corrected chi connectivity index (χ1v) is 7.36. The molecule has 2 N–H and O–H groups in total. The summed E-state index contributed by atoms with van der Waals surface area (Å²) in [6, 6.07) is 0.342. The molecular weight excluding hydrogens is 206 g/mol. The van der Waals surface area contributed by atoms with E-state index in [0.29, 0.717) is 10.8 Å². The second-order valence-electron chi connectivity index (χ2n) is 4.58. The van der Waals surface area contributed by atoms with Crippen molar-refractivity contribution >= 4 is 11.8 Å². The summed E-state index contributed by atoms with van der Waals surface area (Å²) in [4.78, 5) is 0. The second kappa shape index (κ2) is 6.12. The average molecular weight is 231 g/mol. The Bertz CT molecular complexity index is 174. The summed E-state index contributed by atoms with van der Waals surface area (Å²) in [5.41, 5.74) is 0. The Morgan fingerprint density at radius 2 is 2.00 bits per heavy atom. The van der Waals surface area contributed by atoms with Gasteiger partial charge in [-0.2, -0.15) is 11.8 Å². The first-order chi connectivity index (χ1) is 7.17. The van der Waals surface area contributed by atoms with Gasteiger partial charge >= 0.3 is 0 Å². The van der Waals surface area contributed by atoms with E-state index in [4.69, 9.17) is 0 Å². The van der Waals surface area contributed by atoms with Gasteiger partial charge in [-0.05, 0) is 38.4 Å². The summed E-state index contributed by atoms with van der Waals surface area (Å²) >= 11 is 1.96. The van der Waals surface area contributed by atoms with Crippen LogP contribution in [0.4, 0.5) is 0 Å². The third-order valence-corrected chi connectivity index (χ3v) is 5.48. The van der Waals surface area contributed by atoms with Crippen molar-refractivity contribution in [3.63, 3.8) is 0 Å². The zero-order chi connectivity index (χ0) is 11.3. The molecule has 1 saturated carbocycles. The number of nitrogens with one attached hydrogen (secondary N) is 1. The standard InChI is InChI=1S/C12H25NOS/c1-4-12(5-2,15-3)9-13-10-7-6-8-11(10)14/h10-11,13-14H,4-9H2,1-3H3/t10-,11-/m0/s1. The Kier molecular flexibility index (Phi) is 5.44. The monoisotopic (exact) mass is 231 g/mol. The van der Waals surface area contributed by atoms with Gasteiger partial charge in [0.1, 0.15) is 0 Å². The van der Waals surface area contributed by atoms with Gasteiger partial charge in [-0.25, -0.2) is 0 Å². The maximum Gasteiger partial charge on any atom is 0.0693 e. The molecule has 2 atom stereocenters. The SMILES string of the molecule is CCC(CC)(CN[C@H]1CCC[C@@H]1O)SC. The molecule has 0 unspecified atom stereocenters. The van der Waals surface area contributed by atoms with Crippen LogP contribution in [0.25, 0.3) is 0 Å². The first-order valence-electron chi connectivity index (χ1n) is 6.14. The molecule has 0 heterocycles. The fraction of sp³-hybridized carbons (Fsp3) is 1.00. The highest BCUT2D eigenvalue weighted by atomic mass is 32.2. The smallest absolute Gasteiger partial charge is 0.0693 e. The normalized spacial score (nSPS) is 27.2. The van der Waals surface area contributed by atoms with Crippen molar-refractivity contribution in [3.05, 3.63) is 0 Å². The zero-order valence-electron chi connectivity index (χ0n) is 10.3. The maximum atomic E-state index is 9.73. The second-order valence-corrected chi connectivity index (χ2v) is 5.85. The van der Waals surface area contributed by atoms with Gasteiger partial charge in [-0.3, -0.25) is 0 Å². The van der Waals surface area contributed by atoms with Crippen LogP contribution < -0.4 is 5.32 Å². The molecule has 0 spiro atoms. The quantitative estimate of drug-likeness (QED) is 0.736. The van der Waals surface area contributed by atoms with Crippen molar-refractivity contribution in [2.24, 2.45) is 0 Å². The van der Waals surface area contributed by atoms with Crippen molar-refractivity contribution in [1.29, 1.82) is 0 Å². The van der Waals surface area contributed by atoms with Crippen molar-refractivity contribution in [3.8, 4) is 0 Å². The molecule has 0 radical (unpaired) electrons. The highest BCUT2D eigenvalue weighted by Gasteiger charge is 2.29. The first kappa shape index (κ1) is 13.3. The third kappa shape index (κ3) is 3.36. The zero-order valence-corrected chi connectivity index (χ0v) is 11.1. The Morgan fingerprint density at radius 1 is 1.33 bits per heavy atom. The molecule has 0 bridgehead atoms. The summed E-state index contributed by atoms with van der Waals surface area (Å²) in [6.07, 6.45) is 7.75. The van der Waals surface area contributed by atoms with Gasteiger partial charge < -0.3 is 10.4 Å². The fourth-order valence-corrected chi connectivity index (χ4v) is 3.16. The molecule has 1 aliphatic carbocycles. The highest BCUT2D eigenvalue weighted by molar-refractivity contribution is 8.00. The number of rotatable bonds is 6. The lowest BCUT2D eigenvalue weighted by Crippen LogP contribution is -2.44.